The van der Waals surface area contributed by atoms with Crippen molar-refractivity contribution in [1.29, 1.82) is 5.26 Å². The fourth-order valence-electron chi connectivity index (χ4n) is 2.79. The molecule has 2 aromatic heterocycles. The van der Waals surface area contributed by atoms with Gasteiger partial charge >= 0.3 is 0 Å². The van der Waals surface area contributed by atoms with E-state index in [1.165, 1.54) is 18.5 Å². The summed E-state index contributed by atoms with van der Waals surface area (Å²) >= 11 is 0. The van der Waals surface area contributed by atoms with E-state index < -0.39 is 11.7 Å². The Morgan fingerprint density at radius 1 is 1.31 bits per heavy atom. The standard InChI is InChI=1S/C19H18FN7O2/c20-14-2-1-3-15-11(14)8-12(19(29)24-6-7-28)16(27-15)4-5-23-18-13(9-21)17(22)25-10-26-18/h1-3,8,10,28H,4-7H2,(H,24,29)(H3,22,23,25,26). The molecule has 5 N–H and O–H groups in total. The number of aliphatic hydroxyl groups excluding tert-OH is 1. The van der Waals surface area contributed by atoms with Gasteiger partial charge in [0.1, 0.15) is 35.4 Å². The van der Waals surface area contributed by atoms with E-state index in [0.29, 0.717) is 24.2 Å². The average Bonchev–Trinajstić information content (AvgIpc) is 2.72. The van der Waals surface area contributed by atoms with Gasteiger partial charge in [-0.3, -0.25) is 9.78 Å². The van der Waals surface area contributed by atoms with E-state index in [4.69, 9.17) is 10.8 Å². The monoisotopic (exact) mass is 395 g/mol. The summed E-state index contributed by atoms with van der Waals surface area (Å²) in [5.41, 5.74) is 6.86. The Morgan fingerprint density at radius 2 is 2.14 bits per heavy atom. The number of benzene rings is 1. The van der Waals surface area contributed by atoms with Crippen molar-refractivity contribution in [3.05, 3.63) is 53.2 Å². The SMILES string of the molecule is N#Cc1c(N)ncnc1NCCc1nc2cccc(F)c2cc1C(=O)NCCO. The van der Waals surface area contributed by atoms with Gasteiger partial charge in [0.2, 0.25) is 0 Å². The van der Waals surface area contributed by atoms with Crippen LogP contribution in [0.5, 0.6) is 0 Å². The lowest BCUT2D eigenvalue weighted by molar-refractivity contribution is 0.0943. The van der Waals surface area contributed by atoms with Crippen molar-refractivity contribution in [2.24, 2.45) is 0 Å². The second kappa shape index (κ2) is 8.90. The number of anilines is 2. The molecule has 0 atom stereocenters. The number of fused-ring (bicyclic) bond motifs is 1. The quantitative estimate of drug-likeness (QED) is 0.463. The predicted molar refractivity (Wildman–Crippen MR) is 104 cm³/mol. The summed E-state index contributed by atoms with van der Waals surface area (Å²) in [4.78, 5) is 24.7. The van der Waals surface area contributed by atoms with Crippen molar-refractivity contribution in [3.8, 4) is 6.07 Å². The van der Waals surface area contributed by atoms with Gasteiger partial charge in [0, 0.05) is 24.9 Å². The molecular weight excluding hydrogens is 377 g/mol. The van der Waals surface area contributed by atoms with Gasteiger partial charge in [-0.1, -0.05) is 6.07 Å². The van der Waals surface area contributed by atoms with Gasteiger partial charge in [-0.2, -0.15) is 5.26 Å². The molecule has 1 amide bonds. The summed E-state index contributed by atoms with van der Waals surface area (Å²) in [6.07, 6.45) is 1.53. The summed E-state index contributed by atoms with van der Waals surface area (Å²) in [5.74, 6) is -0.604. The molecule has 0 fully saturated rings. The van der Waals surface area contributed by atoms with E-state index in [1.807, 2.05) is 6.07 Å². The van der Waals surface area contributed by atoms with Crippen molar-refractivity contribution in [2.75, 3.05) is 30.7 Å². The highest BCUT2D eigenvalue weighted by Gasteiger charge is 2.16. The van der Waals surface area contributed by atoms with E-state index in [-0.39, 0.29) is 41.3 Å². The molecule has 2 heterocycles. The van der Waals surface area contributed by atoms with Crippen LogP contribution in [-0.4, -0.2) is 45.7 Å². The van der Waals surface area contributed by atoms with Crippen molar-refractivity contribution in [2.45, 2.75) is 6.42 Å². The lowest BCUT2D eigenvalue weighted by Crippen LogP contribution is -2.28. The maximum Gasteiger partial charge on any atom is 0.253 e. The van der Waals surface area contributed by atoms with Crippen molar-refractivity contribution < 1.29 is 14.3 Å². The Hall–Kier alpha value is -3.84. The van der Waals surface area contributed by atoms with E-state index in [9.17, 15) is 14.4 Å². The molecule has 0 saturated heterocycles. The van der Waals surface area contributed by atoms with Crippen molar-refractivity contribution >= 4 is 28.4 Å². The van der Waals surface area contributed by atoms with Gasteiger partial charge in [0.25, 0.3) is 5.91 Å². The number of rotatable bonds is 7. The second-order valence-corrected chi connectivity index (χ2v) is 6.04. The van der Waals surface area contributed by atoms with Crippen LogP contribution in [0.4, 0.5) is 16.0 Å². The first kappa shape index (κ1) is 19.9. The first-order chi connectivity index (χ1) is 14.0. The van der Waals surface area contributed by atoms with Gasteiger partial charge < -0.3 is 21.5 Å². The number of halogens is 1. The summed E-state index contributed by atoms with van der Waals surface area (Å²) in [7, 11) is 0. The Balaban J connectivity index is 1.88. The fourth-order valence-corrected chi connectivity index (χ4v) is 2.79. The number of aromatic nitrogens is 3. The zero-order valence-corrected chi connectivity index (χ0v) is 15.3. The smallest absolute Gasteiger partial charge is 0.253 e. The molecule has 0 saturated carbocycles. The normalized spacial score (nSPS) is 10.5. The van der Waals surface area contributed by atoms with Crippen LogP contribution in [0.25, 0.3) is 10.9 Å². The number of carbonyl (C=O) groups is 1. The molecule has 0 aliphatic carbocycles. The van der Waals surface area contributed by atoms with E-state index in [1.54, 1.807) is 12.1 Å². The molecule has 10 heteroatoms. The van der Waals surface area contributed by atoms with Crippen LogP contribution in [0.3, 0.4) is 0 Å². The zero-order chi connectivity index (χ0) is 20.8. The van der Waals surface area contributed by atoms with E-state index in [0.717, 1.165) is 0 Å². The van der Waals surface area contributed by atoms with Crippen LogP contribution in [0.2, 0.25) is 0 Å². The molecular formula is C19H18FN7O2. The molecule has 0 radical (unpaired) electrons. The minimum Gasteiger partial charge on any atom is -0.395 e. The summed E-state index contributed by atoms with van der Waals surface area (Å²) < 4.78 is 14.1. The van der Waals surface area contributed by atoms with Crippen LogP contribution in [0, 0.1) is 17.1 Å². The van der Waals surface area contributed by atoms with Gasteiger partial charge in [-0.25, -0.2) is 14.4 Å². The minimum absolute atomic E-state index is 0.0633. The number of aliphatic hydroxyl groups is 1. The molecule has 0 bridgehead atoms. The number of hydrogen-bond acceptors (Lipinski definition) is 8. The molecule has 3 aromatic rings. The number of nitrogens with zero attached hydrogens (tertiary/aromatic N) is 4. The molecule has 0 unspecified atom stereocenters. The van der Waals surface area contributed by atoms with Crippen molar-refractivity contribution in [1.82, 2.24) is 20.3 Å². The predicted octanol–water partition coefficient (Wildman–Crippen LogP) is 0.994. The first-order valence-corrected chi connectivity index (χ1v) is 8.76. The van der Waals surface area contributed by atoms with Crippen LogP contribution in [0.15, 0.2) is 30.6 Å². The number of nitriles is 1. The van der Waals surface area contributed by atoms with E-state index >= 15 is 0 Å². The zero-order valence-electron chi connectivity index (χ0n) is 15.3. The molecule has 148 valence electrons. The number of nitrogens with two attached hydrogens (primary N) is 1. The summed E-state index contributed by atoms with van der Waals surface area (Å²) in [6.45, 7) is 0.140. The highest BCUT2D eigenvalue weighted by atomic mass is 19.1. The first-order valence-electron chi connectivity index (χ1n) is 8.76. The third-order valence-corrected chi connectivity index (χ3v) is 4.17. The Morgan fingerprint density at radius 3 is 2.90 bits per heavy atom. The largest absolute Gasteiger partial charge is 0.395 e. The maximum absolute atomic E-state index is 14.1. The molecule has 3 rings (SSSR count). The highest BCUT2D eigenvalue weighted by Crippen LogP contribution is 2.21. The van der Waals surface area contributed by atoms with Crippen LogP contribution in [0.1, 0.15) is 21.6 Å². The number of carbonyl (C=O) groups excluding carboxylic acids is 1. The Labute approximate surface area is 165 Å². The lowest BCUT2D eigenvalue weighted by atomic mass is 10.1. The highest BCUT2D eigenvalue weighted by molar-refractivity contribution is 5.98. The number of amides is 1. The number of nitrogens with one attached hydrogen (secondary N) is 2. The van der Waals surface area contributed by atoms with Gasteiger partial charge in [0.05, 0.1) is 23.4 Å². The second-order valence-electron chi connectivity index (χ2n) is 6.04. The van der Waals surface area contributed by atoms with Crippen LogP contribution in [-0.2, 0) is 6.42 Å². The third-order valence-electron chi connectivity index (χ3n) is 4.17. The molecule has 0 spiro atoms. The maximum atomic E-state index is 14.1. The third kappa shape index (κ3) is 4.36. The number of nitrogen functional groups attached to an aromatic ring is 1. The molecule has 9 nitrogen and oxygen atoms in total. The lowest BCUT2D eigenvalue weighted by Gasteiger charge is -2.12. The van der Waals surface area contributed by atoms with Gasteiger partial charge in [0.15, 0.2) is 0 Å². The van der Waals surface area contributed by atoms with Gasteiger partial charge in [-0.05, 0) is 18.2 Å². The van der Waals surface area contributed by atoms with E-state index in [2.05, 4.69) is 25.6 Å². The fraction of sp³-hybridized carbons (Fsp3) is 0.211. The number of pyridine rings is 1. The van der Waals surface area contributed by atoms with Crippen LogP contribution >= 0.6 is 0 Å². The minimum atomic E-state index is -0.481. The van der Waals surface area contributed by atoms with Crippen molar-refractivity contribution in [3.63, 3.8) is 0 Å². The molecule has 1 aromatic carbocycles. The Bertz CT molecular complexity index is 1100. The molecule has 0 aliphatic rings. The topological polar surface area (TPSA) is 150 Å². The Kier molecular flexibility index (Phi) is 6.11. The molecule has 29 heavy (non-hydrogen) atoms. The average molecular weight is 395 g/mol. The summed E-state index contributed by atoms with van der Waals surface area (Å²) in [6, 6.07) is 7.88. The van der Waals surface area contributed by atoms with Crippen LogP contribution < -0.4 is 16.4 Å². The summed E-state index contributed by atoms with van der Waals surface area (Å²) in [5, 5.41) is 23.9. The number of hydrogen-bond donors (Lipinski definition) is 4. The van der Waals surface area contributed by atoms with Gasteiger partial charge in [-0.15, -0.1) is 0 Å². The molecule has 0 aliphatic heterocycles.